The smallest absolute Gasteiger partial charge is 0.256 e. The van der Waals surface area contributed by atoms with Crippen molar-refractivity contribution in [3.63, 3.8) is 0 Å². The summed E-state index contributed by atoms with van der Waals surface area (Å²) in [6.07, 6.45) is 5.26. The number of nitrogens with zero attached hydrogens (tertiary/aromatic N) is 2. The van der Waals surface area contributed by atoms with Crippen LogP contribution in [-0.2, 0) is 6.54 Å². The van der Waals surface area contributed by atoms with Crippen LogP contribution in [0.25, 0.3) is 10.9 Å². The lowest BCUT2D eigenvalue weighted by molar-refractivity contribution is -0.0790. The molecule has 0 bridgehead atoms. The number of aromatic amines is 1. The molecule has 8 heteroatoms. The van der Waals surface area contributed by atoms with Crippen molar-refractivity contribution in [1.82, 2.24) is 19.8 Å². The fraction of sp³-hybridized carbons (Fsp3) is 0.533. The van der Waals surface area contributed by atoms with Crippen LogP contribution < -0.4 is 15.6 Å². The minimum Gasteiger partial charge on any atom is -0.496 e. The molecule has 38 heavy (non-hydrogen) atoms. The number of para-hydroxylation sites is 1. The van der Waals surface area contributed by atoms with E-state index in [9.17, 15) is 14.7 Å². The van der Waals surface area contributed by atoms with Gasteiger partial charge in [-0.05, 0) is 70.4 Å². The fourth-order valence-corrected chi connectivity index (χ4v) is 6.41. The Morgan fingerprint density at radius 1 is 1.16 bits per heavy atom. The lowest BCUT2D eigenvalue weighted by Gasteiger charge is -2.42. The van der Waals surface area contributed by atoms with Crippen molar-refractivity contribution in [2.24, 2.45) is 11.8 Å². The Morgan fingerprint density at radius 3 is 2.53 bits per heavy atom. The van der Waals surface area contributed by atoms with Gasteiger partial charge in [-0.25, -0.2) is 0 Å². The summed E-state index contributed by atoms with van der Waals surface area (Å²) < 4.78 is 7.70. The second-order valence-corrected chi connectivity index (χ2v) is 11.1. The van der Waals surface area contributed by atoms with E-state index in [4.69, 9.17) is 4.74 Å². The van der Waals surface area contributed by atoms with Gasteiger partial charge in [0.1, 0.15) is 12.0 Å². The Kier molecular flexibility index (Phi) is 7.63. The van der Waals surface area contributed by atoms with Gasteiger partial charge in [-0.3, -0.25) is 14.5 Å². The highest BCUT2D eigenvalue weighted by atomic mass is 16.5. The third-order valence-electron chi connectivity index (χ3n) is 8.87. The average molecular weight is 521 g/mol. The summed E-state index contributed by atoms with van der Waals surface area (Å²) >= 11 is 0. The number of fused-ring (bicyclic) bond motifs is 1. The molecule has 2 aromatic heterocycles. The quantitative estimate of drug-likeness (QED) is 0.412. The molecule has 3 N–H and O–H groups in total. The first-order valence-corrected chi connectivity index (χ1v) is 13.9. The normalized spacial score (nSPS) is 18.8. The van der Waals surface area contributed by atoms with Gasteiger partial charge in [0.15, 0.2) is 0 Å². The van der Waals surface area contributed by atoms with Gasteiger partial charge in [0.2, 0.25) is 0 Å². The van der Waals surface area contributed by atoms with E-state index in [2.05, 4.69) is 32.8 Å². The number of carbonyl (C=O) groups excluding carboxylic acids is 1. The van der Waals surface area contributed by atoms with E-state index in [-0.39, 0.29) is 30.3 Å². The Hall–Kier alpha value is -3.10. The van der Waals surface area contributed by atoms with E-state index in [1.807, 2.05) is 25.1 Å². The highest BCUT2D eigenvalue weighted by Gasteiger charge is 2.34. The topological polar surface area (TPSA) is 99.6 Å². The number of aryl methyl sites for hydroxylation is 1. The van der Waals surface area contributed by atoms with E-state index in [1.165, 1.54) is 13.5 Å². The van der Waals surface area contributed by atoms with Crippen molar-refractivity contribution < 1.29 is 14.6 Å². The number of pyridine rings is 1. The standard InChI is InChI=1S/C30H40N4O4/c1-18-16-26(38-4)24(28(35)32-18)17-31-29(36)27-20(3)34(25-11-6-5-10-23(25)27)19(2)21-12-14-33(15-13-21)30(37)22-8-7-9-22/h5-6,10-11,16,19,21-22,30,37H,7-9,12-15,17H2,1-4H3,(H,31,36)(H,32,35). The number of ether oxygens (including phenoxy) is 1. The molecule has 3 heterocycles. The molecular formula is C30H40N4O4. The van der Waals surface area contributed by atoms with Crippen LogP contribution in [0.5, 0.6) is 5.75 Å². The summed E-state index contributed by atoms with van der Waals surface area (Å²) in [5, 5.41) is 14.6. The molecule has 8 nitrogen and oxygen atoms in total. The molecule has 0 radical (unpaired) electrons. The van der Waals surface area contributed by atoms with Gasteiger partial charge in [0.05, 0.1) is 24.8 Å². The Labute approximate surface area is 224 Å². The molecule has 2 aliphatic rings. The maximum absolute atomic E-state index is 13.5. The highest BCUT2D eigenvalue weighted by molar-refractivity contribution is 6.08. The molecule has 1 aliphatic carbocycles. The van der Waals surface area contributed by atoms with Crippen molar-refractivity contribution in [1.29, 1.82) is 0 Å². The zero-order chi connectivity index (χ0) is 27.0. The van der Waals surface area contributed by atoms with Gasteiger partial charge in [0.25, 0.3) is 11.5 Å². The molecule has 204 valence electrons. The molecule has 2 fully saturated rings. The third-order valence-corrected chi connectivity index (χ3v) is 8.87. The number of amides is 1. The summed E-state index contributed by atoms with van der Waals surface area (Å²) in [6.45, 7) is 7.96. The molecule has 1 amide bonds. The van der Waals surface area contributed by atoms with E-state index in [0.29, 0.717) is 34.4 Å². The number of aliphatic hydroxyl groups is 1. The molecule has 2 unspecified atom stereocenters. The van der Waals surface area contributed by atoms with Crippen LogP contribution >= 0.6 is 0 Å². The minimum absolute atomic E-state index is 0.0773. The van der Waals surface area contributed by atoms with Crippen LogP contribution in [-0.4, -0.2) is 51.9 Å². The van der Waals surface area contributed by atoms with Gasteiger partial charge in [-0.1, -0.05) is 24.6 Å². The number of aliphatic hydroxyl groups excluding tert-OH is 1. The number of benzene rings is 1. The number of hydrogen-bond donors (Lipinski definition) is 3. The monoisotopic (exact) mass is 520 g/mol. The summed E-state index contributed by atoms with van der Waals surface area (Å²) in [7, 11) is 1.53. The van der Waals surface area contributed by atoms with Crippen molar-refractivity contribution in [3.8, 4) is 5.75 Å². The molecule has 1 saturated heterocycles. The lowest BCUT2D eigenvalue weighted by Crippen LogP contribution is -2.47. The zero-order valence-corrected chi connectivity index (χ0v) is 22.9. The molecule has 2 atom stereocenters. The zero-order valence-electron chi connectivity index (χ0n) is 22.9. The largest absolute Gasteiger partial charge is 0.496 e. The van der Waals surface area contributed by atoms with Crippen molar-refractivity contribution in [3.05, 3.63) is 63.2 Å². The average Bonchev–Trinajstić information content (AvgIpc) is 3.17. The minimum atomic E-state index is -0.302. The first-order valence-electron chi connectivity index (χ1n) is 13.9. The van der Waals surface area contributed by atoms with Crippen LogP contribution in [0.15, 0.2) is 35.1 Å². The summed E-state index contributed by atoms with van der Waals surface area (Å²) in [5.74, 6) is 1.16. The second-order valence-electron chi connectivity index (χ2n) is 11.1. The van der Waals surface area contributed by atoms with Gasteiger partial charge in [-0.2, -0.15) is 0 Å². The SMILES string of the molecule is COc1cc(C)[nH]c(=O)c1CNC(=O)c1c(C)n(C(C)C2CCN(C(O)C3CCC3)CC2)c2ccccc12. The molecule has 1 aliphatic heterocycles. The Bertz CT molecular complexity index is 1360. The van der Waals surface area contributed by atoms with Gasteiger partial charge >= 0.3 is 0 Å². The second kappa shape index (κ2) is 10.9. The number of rotatable bonds is 8. The first-order chi connectivity index (χ1) is 18.3. The molecule has 1 aromatic carbocycles. The fourth-order valence-electron chi connectivity index (χ4n) is 6.41. The molecule has 3 aromatic rings. The first kappa shape index (κ1) is 26.5. The van der Waals surface area contributed by atoms with Crippen molar-refractivity contribution in [2.75, 3.05) is 20.2 Å². The molecule has 0 spiro atoms. The van der Waals surface area contributed by atoms with E-state index >= 15 is 0 Å². The number of piperidine rings is 1. The van der Waals surface area contributed by atoms with Crippen LogP contribution in [0.3, 0.4) is 0 Å². The van der Waals surface area contributed by atoms with Crippen molar-refractivity contribution >= 4 is 16.8 Å². The van der Waals surface area contributed by atoms with E-state index in [0.717, 1.165) is 55.4 Å². The molecular weight excluding hydrogens is 480 g/mol. The number of carbonyl (C=O) groups is 1. The summed E-state index contributed by atoms with van der Waals surface area (Å²) in [6, 6.07) is 10.0. The Morgan fingerprint density at radius 2 is 1.87 bits per heavy atom. The molecule has 1 saturated carbocycles. The summed E-state index contributed by atoms with van der Waals surface area (Å²) in [5.41, 5.74) is 3.47. The van der Waals surface area contributed by atoms with Gasteiger partial charge in [0, 0.05) is 41.4 Å². The Balaban J connectivity index is 1.36. The maximum atomic E-state index is 13.5. The van der Waals surface area contributed by atoms with E-state index < -0.39 is 0 Å². The van der Waals surface area contributed by atoms with Crippen molar-refractivity contribution in [2.45, 2.75) is 71.7 Å². The lowest BCUT2D eigenvalue weighted by atomic mass is 9.82. The van der Waals surface area contributed by atoms with Gasteiger partial charge in [-0.15, -0.1) is 0 Å². The predicted molar refractivity (Wildman–Crippen MR) is 149 cm³/mol. The number of H-pyrrole nitrogens is 1. The number of likely N-dealkylation sites (tertiary alicyclic amines) is 1. The van der Waals surface area contributed by atoms with Gasteiger partial charge < -0.3 is 24.7 Å². The number of nitrogens with one attached hydrogen (secondary N) is 2. The summed E-state index contributed by atoms with van der Waals surface area (Å²) in [4.78, 5) is 31.1. The maximum Gasteiger partial charge on any atom is 0.256 e. The molecule has 5 rings (SSSR count). The number of aromatic nitrogens is 2. The number of methoxy groups -OCH3 is 1. The predicted octanol–water partition coefficient (Wildman–Crippen LogP) is 4.28. The van der Waals surface area contributed by atoms with Crippen LogP contribution in [0.4, 0.5) is 0 Å². The number of hydrogen-bond acceptors (Lipinski definition) is 5. The third kappa shape index (κ3) is 4.87. The van der Waals surface area contributed by atoms with E-state index in [1.54, 1.807) is 13.0 Å². The van der Waals surface area contributed by atoms with Crippen LogP contribution in [0.1, 0.15) is 72.4 Å². The highest BCUT2D eigenvalue weighted by Crippen LogP contribution is 2.38. The van der Waals surface area contributed by atoms with Crippen LogP contribution in [0, 0.1) is 25.7 Å². The van der Waals surface area contributed by atoms with Crippen LogP contribution in [0.2, 0.25) is 0 Å².